The molecule has 0 aromatic carbocycles. The normalized spacial score (nSPS) is 18.0. The number of hydrogen-bond donors (Lipinski definition) is 1. The van der Waals surface area contributed by atoms with E-state index in [4.69, 9.17) is 14.0 Å². The average molecular weight is 297 g/mol. The summed E-state index contributed by atoms with van der Waals surface area (Å²) in [5.74, 6) is 1.46. The summed E-state index contributed by atoms with van der Waals surface area (Å²) in [6.45, 7) is 1.81. The maximum atomic E-state index is 5.42. The van der Waals surface area contributed by atoms with E-state index in [1.165, 1.54) is 32.1 Å². The summed E-state index contributed by atoms with van der Waals surface area (Å²) in [5.41, 5.74) is 0.136. The Labute approximate surface area is 126 Å². The van der Waals surface area contributed by atoms with Crippen molar-refractivity contribution in [2.24, 2.45) is 0 Å². The number of ether oxygens (including phenoxy) is 2. The minimum Gasteiger partial charge on any atom is -0.382 e. The number of nitrogens with one attached hydrogen (secondary N) is 1. The van der Waals surface area contributed by atoms with Crippen molar-refractivity contribution in [1.29, 1.82) is 0 Å². The molecule has 1 aromatic rings. The van der Waals surface area contributed by atoms with Gasteiger partial charge in [-0.1, -0.05) is 24.4 Å². The lowest BCUT2D eigenvalue weighted by Gasteiger charge is -2.36. The van der Waals surface area contributed by atoms with Gasteiger partial charge in [0.15, 0.2) is 5.82 Å². The molecule has 21 heavy (non-hydrogen) atoms. The van der Waals surface area contributed by atoms with E-state index >= 15 is 0 Å². The molecule has 0 radical (unpaired) electrons. The summed E-state index contributed by atoms with van der Waals surface area (Å²) in [6, 6.07) is 0. The molecular formula is C15H27N3O3. The van der Waals surface area contributed by atoms with Crippen molar-refractivity contribution in [2.75, 3.05) is 34.0 Å². The SMILES string of the molecule is CNC1(Cc2nc(CCOCCOC)no2)CCCCC1. The Morgan fingerprint density at radius 1 is 1.19 bits per heavy atom. The molecule has 1 N–H and O–H groups in total. The van der Waals surface area contributed by atoms with E-state index in [9.17, 15) is 0 Å². The van der Waals surface area contributed by atoms with Crippen LogP contribution in [0.1, 0.15) is 43.8 Å². The van der Waals surface area contributed by atoms with Gasteiger partial charge in [0.2, 0.25) is 5.89 Å². The third kappa shape index (κ3) is 5.05. The highest BCUT2D eigenvalue weighted by Crippen LogP contribution is 2.30. The van der Waals surface area contributed by atoms with Gasteiger partial charge in [-0.25, -0.2) is 0 Å². The number of methoxy groups -OCH3 is 1. The third-order valence-corrected chi connectivity index (χ3v) is 4.24. The number of likely N-dealkylation sites (N-methyl/N-ethyl adjacent to an activating group) is 1. The van der Waals surface area contributed by atoms with Gasteiger partial charge >= 0.3 is 0 Å². The zero-order chi connectivity index (χ0) is 15.0. The molecule has 0 atom stereocenters. The zero-order valence-corrected chi connectivity index (χ0v) is 13.2. The van der Waals surface area contributed by atoms with Crippen LogP contribution in [0.15, 0.2) is 4.52 Å². The fraction of sp³-hybridized carbons (Fsp3) is 0.867. The Bertz CT molecular complexity index is 403. The van der Waals surface area contributed by atoms with Crippen LogP contribution in [0.5, 0.6) is 0 Å². The lowest BCUT2D eigenvalue weighted by molar-refractivity contribution is 0.0714. The molecule has 0 amide bonds. The van der Waals surface area contributed by atoms with Crippen molar-refractivity contribution in [1.82, 2.24) is 15.5 Å². The summed E-state index contributed by atoms with van der Waals surface area (Å²) in [5, 5.41) is 7.51. The molecule has 6 heteroatoms. The van der Waals surface area contributed by atoms with E-state index in [0.29, 0.717) is 26.2 Å². The quantitative estimate of drug-likeness (QED) is 0.700. The number of nitrogens with zero attached hydrogens (tertiary/aromatic N) is 2. The van der Waals surface area contributed by atoms with E-state index in [2.05, 4.69) is 15.5 Å². The maximum Gasteiger partial charge on any atom is 0.228 e. The fourth-order valence-corrected chi connectivity index (χ4v) is 2.90. The molecule has 0 aliphatic heterocycles. The largest absolute Gasteiger partial charge is 0.382 e. The first-order valence-electron chi connectivity index (χ1n) is 7.85. The van der Waals surface area contributed by atoms with E-state index in [1.54, 1.807) is 7.11 Å². The van der Waals surface area contributed by atoms with E-state index in [-0.39, 0.29) is 5.54 Å². The van der Waals surface area contributed by atoms with Gasteiger partial charge in [-0.15, -0.1) is 0 Å². The van der Waals surface area contributed by atoms with Gasteiger partial charge < -0.3 is 19.3 Å². The first kappa shape index (κ1) is 16.4. The van der Waals surface area contributed by atoms with Gasteiger partial charge in [-0.2, -0.15) is 4.98 Å². The van der Waals surface area contributed by atoms with Crippen LogP contribution in [0, 0.1) is 0 Å². The maximum absolute atomic E-state index is 5.42. The Morgan fingerprint density at radius 2 is 2.00 bits per heavy atom. The third-order valence-electron chi connectivity index (χ3n) is 4.24. The summed E-state index contributed by atoms with van der Waals surface area (Å²) in [4.78, 5) is 4.49. The summed E-state index contributed by atoms with van der Waals surface area (Å²) >= 11 is 0. The van der Waals surface area contributed by atoms with Gasteiger partial charge in [0, 0.05) is 25.5 Å². The Kier molecular flexibility index (Phi) is 6.60. The molecule has 1 fully saturated rings. The standard InChI is InChI=1S/C15H27N3O3/c1-16-15(7-4-3-5-8-15)12-14-17-13(18-21-14)6-9-20-11-10-19-2/h16H,3-12H2,1-2H3. The Balaban J connectivity index is 1.79. The second-order valence-electron chi connectivity index (χ2n) is 5.73. The van der Waals surface area contributed by atoms with Gasteiger partial charge in [0.1, 0.15) is 0 Å². The minimum atomic E-state index is 0.136. The molecule has 1 aliphatic rings. The molecule has 0 saturated heterocycles. The van der Waals surface area contributed by atoms with Crippen LogP contribution in [0.3, 0.4) is 0 Å². The molecule has 0 unspecified atom stereocenters. The fourth-order valence-electron chi connectivity index (χ4n) is 2.90. The first-order chi connectivity index (χ1) is 10.3. The monoisotopic (exact) mass is 297 g/mol. The van der Waals surface area contributed by atoms with Crippen molar-refractivity contribution < 1.29 is 14.0 Å². The molecular weight excluding hydrogens is 270 g/mol. The van der Waals surface area contributed by atoms with Crippen LogP contribution >= 0.6 is 0 Å². The van der Waals surface area contributed by atoms with Crippen molar-refractivity contribution in [3.8, 4) is 0 Å². The molecule has 2 rings (SSSR count). The van der Waals surface area contributed by atoms with Crippen molar-refractivity contribution in [3.63, 3.8) is 0 Å². The van der Waals surface area contributed by atoms with Crippen LogP contribution in [0.2, 0.25) is 0 Å². The highest BCUT2D eigenvalue weighted by molar-refractivity contribution is 4.99. The van der Waals surface area contributed by atoms with Gasteiger partial charge in [0.25, 0.3) is 0 Å². The van der Waals surface area contributed by atoms with Gasteiger partial charge in [-0.05, 0) is 19.9 Å². The van der Waals surface area contributed by atoms with Gasteiger partial charge in [-0.3, -0.25) is 0 Å². The predicted molar refractivity (Wildman–Crippen MR) is 79.3 cm³/mol. The summed E-state index contributed by atoms with van der Waals surface area (Å²) < 4.78 is 15.7. The highest BCUT2D eigenvalue weighted by atomic mass is 16.5. The second-order valence-corrected chi connectivity index (χ2v) is 5.73. The van der Waals surface area contributed by atoms with Gasteiger partial charge in [0.05, 0.1) is 19.8 Å². The molecule has 0 bridgehead atoms. The number of aromatic nitrogens is 2. The smallest absolute Gasteiger partial charge is 0.228 e. The lowest BCUT2D eigenvalue weighted by Crippen LogP contribution is -2.46. The van der Waals surface area contributed by atoms with E-state index in [0.717, 1.165) is 18.1 Å². The molecule has 6 nitrogen and oxygen atoms in total. The lowest BCUT2D eigenvalue weighted by atomic mass is 9.79. The van der Waals surface area contributed by atoms with Crippen molar-refractivity contribution >= 4 is 0 Å². The predicted octanol–water partition coefficient (Wildman–Crippen LogP) is 1.74. The molecule has 1 aromatic heterocycles. The van der Waals surface area contributed by atoms with Crippen LogP contribution < -0.4 is 5.32 Å². The van der Waals surface area contributed by atoms with Crippen molar-refractivity contribution in [3.05, 3.63) is 11.7 Å². The Hall–Kier alpha value is -0.980. The minimum absolute atomic E-state index is 0.136. The molecule has 0 spiro atoms. The van der Waals surface area contributed by atoms with Crippen LogP contribution in [0.4, 0.5) is 0 Å². The van der Waals surface area contributed by atoms with Crippen LogP contribution in [-0.4, -0.2) is 49.7 Å². The number of hydrogen-bond acceptors (Lipinski definition) is 6. The highest BCUT2D eigenvalue weighted by Gasteiger charge is 2.32. The summed E-state index contributed by atoms with van der Waals surface area (Å²) in [7, 11) is 3.70. The van der Waals surface area contributed by atoms with E-state index in [1.807, 2.05) is 7.05 Å². The molecule has 1 aliphatic carbocycles. The second kappa shape index (κ2) is 8.46. The molecule has 1 heterocycles. The van der Waals surface area contributed by atoms with Crippen molar-refractivity contribution in [2.45, 2.75) is 50.5 Å². The molecule has 1 saturated carbocycles. The van der Waals surface area contributed by atoms with Crippen LogP contribution in [0.25, 0.3) is 0 Å². The van der Waals surface area contributed by atoms with Crippen LogP contribution in [-0.2, 0) is 22.3 Å². The zero-order valence-electron chi connectivity index (χ0n) is 13.2. The average Bonchev–Trinajstić information content (AvgIpc) is 2.95. The number of rotatable bonds is 9. The molecule has 120 valence electrons. The summed E-state index contributed by atoms with van der Waals surface area (Å²) in [6.07, 6.45) is 7.74. The topological polar surface area (TPSA) is 69.4 Å². The first-order valence-corrected chi connectivity index (χ1v) is 7.85. The van der Waals surface area contributed by atoms with E-state index < -0.39 is 0 Å². The Morgan fingerprint density at radius 3 is 2.71 bits per heavy atom.